The van der Waals surface area contributed by atoms with Crippen molar-refractivity contribution in [3.8, 4) is 6.07 Å². The topological polar surface area (TPSA) is 27.0 Å². The van der Waals surface area contributed by atoms with Gasteiger partial charge in [-0.15, -0.1) is 0 Å². The van der Waals surface area contributed by atoms with Gasteiger partial charge in [0.1, 0.15) is 5.82 Å². The first kappa shape index (κ1) is 12.7. The van der Waals surface area contributed by atoms with Crippen molar-refractivity contribution >= 4 is 5.69 Å². The third-order valence-corrected chi connectivity index (χ3v) is 2.99. The summed E-state index contributed by atoms with van der Waals surface area (Å²) in [6, 6.07) is 5.32. The molecule has 6 heteroatoms. The molecule has 2 rings (SSSR count). The first-order chi connectivity index (χ1) is 8.41. The van der Waals surface area contributed by atoms with Gasteiger partial charge in [-0.1, -0.05) is 6.07 Å². The Morgan fingerprint density at radius 1 is 1.39 bits per heavy atom. The number of hydrogen-bond acceptors (Lipinski definition) is 2. The number of hydrogen-bond donors (Lipinski definition) is 0. The fourth-order valence-electron chi connectivity index (χ4n) is 2.05. The van der Waals surface area contributed by atoms with Crippen LogP contribution in [0.3, 0.4) is 0 Å². The Morgan fingerprint density at radius 2 is 2.11 bits per heavy atom. The molecule has 1 unspecified atom stereocenters. The van der Waals surface area contributed by atoms with E-state index in [1.807, 2.05) is 0 Å². The van der Waals surface area contributed by atoms with Crippen LogP contribution in [-0.2, 0) is 6.42 Å². The van der Waals surface area contributed by atoms with Crippen LogP contribution in [0.5, 0.6) is 0 Å². The van der Waals surface area contributed by atoms with Crippen LogP contribution in [0.1, 0.15) is 5.56 Å². The Balaban J connectivity index is 2.19. The van der Waals surface area contributed by atoms with Crippen LogP contribution >= 0.6 is 0 Å². The summed E-state index contributed by atoms with van der Waals surface area (Å²) in [4.78, 5) is 1.42. The molecule has 1 aliphatic rings. The monoisotopic (exact) mass is 258 g/mol. The number of fused-ring (bicyclic) bond motifs is 1. The molecule has 0 aliphatic carbocycles. The normalized spacial score (nSPS) is 16.3. The van der Waals surface area contributed by atoms with Crippen molar-refractivity contribution in [3.63, 3.8) is 0 Å². The number of benzene rings is 1. The third kappa shape index (κ3) is 2.40. The summed E-state index contributed by atoms with van der Waals surface area (Å²) in [5, 5.41) is 8.55. The molecule has 18 heavy (non-hydrogen) atoms. The van der Waals surface area contributed by atoms with Crippen LogP contribution in [0.25, 0.3) is 0 Å². The molecule has 0 bridgehead atoms. The van der Waals surface area contributed by atoms with Crippen LogP contribution < -0.4 is 4.90 Å². The third-order valence-electron chi connectivity index (χ3n) is 2.99. The van der Waals surface area contributed by atoms with Crippen molar-refractivity contribution in [1.29, 1.82) is 5.26 Å². The highest BCUT2D eigenvalue weighted by Crippen LogP contribution is 2.33. The highest BCUT2D eigenvalue weighted by atomic mass is 19.4. The van der Waals surface area contributed by atoms with Gasteiger partial charge in [0.05, 0.1) is 6.07 Å². The summed E-state index contributed by atoms with van der Waals surface area (Å²) in [6.45, 7) is -0.0660. The molecule has 1 heterocycles. The molecular formula is C12H10F4N2. The molecule has 1 atom stereocenters. The Kier molecular flexibility index (Phi) is 3.16. The van der Waals surface area contributed by atoms with Crippen molar-refractivity contribution in [2.75, 3.05) is 18.0 Å². The van der Waals surface area contributed by atoms with E-state index in [1.165, 1.54) is 23.1 Å². The second-order valence-corrected chi connectivity index (χ2v) is 4.19. The van der Waals surface area contributed by atoms with E-state index in [4.69, 9.17) is 5.26 Å². The van der Waals surface area contributed by atoms with Crippen LogP contribution in [-0.4, -0.2) is 19.3 Å². The van der Waals surface area contributed by atoms with E-state index in [0.29, 0.717) is 18.7 Å². The summed E-state index contributed by atoms with van der Waals surface area (Å²) in [5.74, 6) is -2.53. The van der Waals surface area contributed by atoms with Crippen molar-refractivity contribution in [3.05, 3.63) is 29.6 Å². The molecule has 1 aromatic carbocycles. The predicted molar refractivity (Wildman–Crippen MR) is 57.5 cm³/mol. The standard InChI is InChI=1S/C12H10F4N2/c13-10-2-1-8-3-4-18(11(8)5-10)7-9(6-17)12(14,15)16/h1-2,5,9H,3-4,7H2. The first-order valence-electron chi connectivity index (χ1n) is 5.41. The minimum absolute atomic E-state index is 0.382. The maximum atomic E-state index is 13.1. The van der Waals surface area contributed by atoms with Crippen LogP contribution in [0.15, 0.2) is 18.2 Å². The van der Waals surface area contributed by atoms with E-state index in [-0.39, 0.29) is 0 Å². The van der Waals surface area contributed by atoms with Crippen molar-refractivity contribution < 1.29 is 17.6 Å². The minimum atomic E-state index is -4.55. The lowest BCUT2D eigenvalue weighted by molar-refractivity contribution is -0.156. The van der Waals surface area contributed by atoms with Gasteiger partial charge in [-0.3, -0.25) is 0 Å². The summed E-state index contributed by atoms with van der Waals surface area (Å²) in [6.07, 6.45) is -3.98. The molecule has 1 aliphatic heterocycles. The second-order valence-electron chi connectivity index (χ2n) is 4.19. The average molecular weight is 258 g/mol. The largest absolute Gasteiger partial charge is 0.406 e. The van der Waals surface area contributed by atoms with Gasteiger partial charge in [0, 0.05) is 18.8 Å². The fraction of sp³-hybridized carbons (Fsp3) is 0.417. The predicted octanol–water partition coefficient (Wildman–Crippen LogP) is 2.89. The van der Waals surface area contributed by atoms with Crippen molar-refractivity contribution in [1.82, 2.24) is 0 Å². The highest BCUT2D eigenvalue weighted by molar-refractivity contribution is 5.58. The summed E-state index contributed by atoms with van der Waals surface area (Å²) < 4.78 is 50.6. The zero-order valence-corrected chi connectivity index (χ0v) is 9.34. The van der Waals surface area contributed by atoms with E-state index >= 15 is 0 Å². The lowest BCUT2D eigenvalue weighted by atomic mass is 10.1. The van der Waals surface area contributed by atoms with Crippen LogP contribution in [0, 0.1) is 23.1 Å². The zero-order valence-electron chi connectivity index (χ0n) is 9.34. The smallest absolute Gasteiger partial charge is 0.369 e. The van der Waals surface area contributed by atoms with Gasteiger partial charge < -0.3 is 4.90 Å². The maximum Gasteiger partial charge on any atom is 0.406 e. The Morgan fingerprint density at radius 3 is 2.72 bits per heavy atom. The van der Waals surface area contributed by atoms with E-state index < -0.39 is 24.5 Å². The highest BCUT2D eigenvalue weighted by Gasteiger charge is 2.41. The minimum Gasteiger partial charge on any atom is -0.369 e. The van der Waals surface area contributed by atoms with E-state index in [9.17, 15) is 17.6 Å². The number of nitrogens with zero attached hydrogens (tertiary/aromatic N) is 2. The Bertz CT molecular complexity index is 490. The first-order valence-corrected chi connectivity index (χ1v) is 5.41. The van der Waals surface area contributed by atoms with Gasteiger partial charge in [0.2, 0.25) is 0 Å². The molecule has 0 spiro atoms. The SMILES string of the molecule is N#CC(CN1CCc2ccc(F)cc21)C(F)(F)F. The summed E-state index contributed by atoms with van der Waals surface area (Å²) >= 11 is 0. The number of rotatable bonds is 2. The van der Waals surface area contributed by atoms with Crippen molar-refractivity contribution in [2.45, 2.75) is 12.6 Å². The van der Waals surface area contributed by atoms with E-state index in [0.717, 1.165) is 5.56 Å². The quantitative estimate of drug-likeness (QED) is 0.763. The Hall–Kier alpha value is -1.77. The number of nitriles is 1. The molecule has 0 amide bonds. The summed E-state index contributed by atoms with van der Waals surface area (Å²) in [5.41, 5.74) is 1.27. The van der Waals surface area contributed by atoms with E-state index in [1.54, 1.807) is 6.07 Å². The van der Waals surface area contributed by atoms with Gasteiger partial charge in [-0.25, -0.2) is 4.39 Å². The lowest BCUT2D eigenvalue weighted by Gasteiger charge is -2.23. The van der Waals surface area contributed by atoms with Crippen LogP contribution in [0.2, 0.25) is 0 Å². The molecule has 96 valence electrons. The van der Waals surface area contributed by atoms with Gasteiger partial charge in [0.25, 0.3) is 0 Å². The lowest BCUT2D eigenvalue weighted by Crippen LogP contribution is -2.35. The van der Waals surface area contributed by atoms with E-state index in [2.05, 4.69) is 0 Å². The molecule has 0 saturated carbocycles. The fourth-order valence-corrected chi connectivity index (χ4v) is 2.05. The Labute approximate surface area is 101 Å². The number of anilines is 1. The zero-order chi connectivity index (χ0) is 13.3. The van der Waals surface area contributed by atoms with Gasteiger partial charge in [-0.2, -0.15) is 18.4 Å². The van der Waals surface area contributed by atoms with Gasteiger partial charge in [-0.05, 0) is 24.1 Å². The van der Waals surface area contributed by atoms with Gasteiger partial charge in [0.15, 0.2) is 5.92 Å². The molecular weight excluding hydrogens is 248 g/mol. The summed E-state index contributed by atoms with van der Waals surface area (Å²) in [7, 11) is 0. The van der Waals surface area contributed by atoms with Crippen molar-refractivity contribution in [2.24, 2.45) is 5.92 Å². The average Bonchev–Trinajstić information content (AvgIpc) is 2.66. The number of alkyl halides is 3. The molecule has 1 aromatic rings. The van der Waals surface area contributed by atoms with Crippen LogP contribution in [0.4, 0.5) is 23.2 Å². The maximum absolute atomic E-state index is 13.1. The molecule has 0 radical (unpaired) electrons. The molecule has 2 nitrogen and oxygen atoms in total. The molecule has 0 aromatic heterocycles. The molecule has 0 N–H and O–H groups in total. The second kappa shape index (κ2) is 4.48. The molecule has 0 saturated heterocycles. The van der Waals surface area contributed by atoms with Gasteiger partial charge >= 0.3 is 6.18 Å². The molecule has 0 fully saturated rings. The number of halogens is 4.